The molecule has 0 radical (unpaired) electrons. The van der Waals surface area contributed by atoms with E-state index in [1.165, 1.54) is 30.3 Å². The molecule has 1 heterocycles. The van der Waals surface area contributed by atoms with E-state index in [9.17, 15) is 29.2 Å². The number of ether oxygens (including phenoxy) is 1. The number of Topliss-reactive ketones (excluding diaryl/α,β-unsaturated/α-hetero) is 1. The van der Waals surface area contributed by atoms with Gasteiger partial charge in [-0.3, -0.25) is 19.7 Å². The highest BCUT2D eigenvalue weighted by atomic mass is 19.1. The van der Waals surface area contributed by atoms with Gasteiger partial charge in [0.05, 0.1) is 36.4 Å². The smallest absolute Gasteiger partial charge is 0.295 e. The zero-order valence-electron chi connectivity index (χ0n) is 16.2. The molecule has 1 fully saturated rings. The van der Waals surface area contributed by atoms with Crippen molar-refractivity contribution in [2.45, 2.75) is 6.04 Å². The second kappa shape index (κ2) is 9.45. The molecule has 31 heavy (non-hydrogen) atoms. The van der Waals surface area contributed by atoms with Gasteiger partial charge in [0.15, 0.2) is 0 Å². The molecule has 2 aromatic rings. The molecule has 3 rings (SSSR count). The van der Waals surface area contributed by atoms with Crippen LogP contribution in [0.4, 0.5) is 10.1 Å². The minimum Gasteiger partial charge on any atom is -0.507 e. The number of hydrogen-bond donors (Lipinski definition) is 2. The summed E-state index contributed by atoms with van der Waals surface area (Å²) in [5.74, 6) is -2.98. The van der Waals surface area contributed by atoms with Crippen molar-refractivity contribution in [3.05, 3.63) is 81.2 Å². The summed E-state index contributed by atoms with van der Waals surface area (Å²) in [6.07, 6.45) is 0. The highest BCUT2D eigenvalue weighted by Gasteiger charge is 2.46. The SMILES string of the molecule is O=C1C(=O)N(CCOCCO)[C@@H](c2cccc(F)c2)/C1=C(\O)c1ccc([N+](=O)[O-])cc1. The van der Waals surface area contributed by atoms with Crippen molar-refractivity contribution < 1.29 is 33.9 Å². The number of nitro groups is 1. The number of carbonyl (C=O) groups excluding carboxylic acids is 2. The van der Waals surface area contributed by atoms with Crippen LogP contribution < -0.4 is 0 Å². The van der Waals surface area contributed by atoms with Gasteiger partial charge in [-0.25, -0.2) is 4.39 Å². The summed E-state index contributed by atoms with van der Waals surface area (Å²) in [7, 11) is 0. The fourth-order valence-corrected chi connectivity index (χ4v) is 3.36. The van der Waals surface area contributed by atoms with E-state index in [0.717, 1.165) is 23.1 Å². The molecule has 10 heteroatoms. The molecule has 1 aliphatic rings. The maximum atomic E-state index is 13.9. The van der Waals surface area contributed by atoms with Crippen LogP contribution in [0, 0.1) is 15.9 Å². The second-order valence-electron chi connectivity index (χ2n) is 6.69. The van der Waals surface area contributed by atoms with Gasteiger partial charge in [-0.05, 0) is 29.8 Å². The molecular formula is C21H19FN2O7. The van der Waals surface area contributed by atoms with Crippen LogP contribution in [0.3, 0.4) is 0 Å². The molecule has 2 aromatic carbocycles. The minimum absolute atomic E-state index is 0.0109. The Morgan fingerprint density at radius 1 is 1.16 bits per heavy atom. The number of ketones is 1. The van der Waals surface area contributed by atoms with Crippen molar-refractivity contribution in [1.82, 2.24) is 4.90 Å². The lowest BCUT2D eigenvalue weighted by atomic mass is 9.95. The van der Waals surface area contributed by atoms with E-state index >= 15 is 0 Å². The first-order valence-corrected chi connectivity index (χ1v) is 9.32. The molecule has 0 unspecified atom stereocenters. The lowest BCUT2D eigenvalue weighted by Gasteiger charge is -2.25. The first-order chi connectivity index (χ1) is 14.8. The quantitative estimate of drug-likeness (QED) is 0.164. The standard InChI is InChI=1S/C21H19FN2O7/c22-15-3-1-2-14(12-15)18-17(19(26)13-4-6-16(7-5-13)24(29)30)20(27)21(28)23(18)8-10-31-11-9-25/h1-7,12,18,25-26H,8-11H2/b19-17+/t18-/m0/s1. The first-order valence-electron chi connectivity index (χ1n) is 9.32. The zero-order chi connectivity index (χ0) is 22.5. The summed E-state index contributed by atoms with van der Waals surface area (Å²) in [6, 6.07) is 9.04. The van der Waals surface area contributed by atoms with E-state index < -0.39 is 34.2 Å². The third kappa shape index (κ3) is 4.60. The van der Waals surface area contributed by atoms with Crippen molar-refractivity contribution in [3.8, 4) is 0 Å². The highest BCUT2D eigenvalue weighted by molar-refractivity contribution is 6.46. The van der Waals surface area contributed by atoms with Crippen LogP contribution in [0.5, 0.6) is 0 Å². The molecule has 1 atom stereocenters. The van der Waals surface area contributed by atoms with Gasteiger partial charge in [-0.15, -0.1) is 0 Å². The number of hydrogen-bond acceptors (Lipinski definition) is 7. The monoisotopic (exact) mass is 430 g/mol. The van der Waals surface area contributed by atoms with E-state index in [2.05, 4.69) is 0 Å². The normalized spacial score (nSPS) is 17.9. The number of benzene rings is 2. The van der Waals surface area contributed by atoms with Crippen LogP contribution in [0.15, 0.2) is 54.1 Å². The van der Waals surface area contributed by atoms with Gasteiger partial charge in [-0.1, -0.05) is 12.1 Å². The molecule has 1 amide bonds. The van der Waals surface area contributed by atoms with Crippen molar-refractivity contribution in [2.75, 3.05) is 26.4 Å². The number of aliphatic hydroxyl groups excluding tert-OH is 2. The van der Waals surface area contributed by atoms with Gasteiger partial charge in [-0.2, -0.15) is 0 Å². The molecule has 162 valence electrons. The summed E-state index contributed by atoms with van der Waals surface area (Å²) in [5.41, 5.74) is -0.0994. The van der Waals surface area contributed by atoms with Gasteiger partial charge in [0.1, 0.15) is 11.6 Å². The molecule has 9 nitrogen and oxygen atoms in total. The summed E-state index contributed by atoms with van der Waals surface area (Å²) >= 11 is 0. The molecule has 2 N–H and O–H groups in total. The molecule has 1 saturated heterocycles. The van der Waals surface area contributed by atoms with Crippen LogP contribution in [0.1, 0.15) is 17.2 Å². The lowest BCUT2D eigenvalue weighted by molar-refractivity contribution is -0.384. The predicted molar refractivity (Wildman–Crippen MR) is 106 cm³/mol. The van der Waals surface area contributed by atoms with Crippen LogP contribution >= 0.6 is 0 Å². The molecule has 0 aliphatic carbocycles. The summed E-state index contributed by atoms with van der Waals surface area (Å²) < 4.78 is 19.1. The van der Waals surface area contributed by atoms with Gasteiger partial charge in [0.2, 0.25) is 0 Å². The lowest BCUT2D eigenvalue weighted by Crippen LogP contribution is -2.33. The number of nitrogens with zero attached hydrogens (tertiary/aromatic N) is 2. The van der Waals surface area contributed by atoms with Crippen LogP contribution in [-0.2, 0) is 14.3 Å². The number of carbonyl (C=O) groups is 2. The average molecular weight is 430 g/mol. The van der Waals surface area contributed by atoms with Gasteiger partial charge < -0.3 is 19.8 Å². The Balaban J connectivity index is 2.06. The Morgan fingerprint density at radius 2 is 1.87 bits per heavy atom. The Morgan fingerprint density at radius 3 is 2.48 bits per heavy atom. The second-order valence-corrected chi connectivity index (χ2v) is 6.69. The average Bonchev–Trinajstić information content (AvgIpc) is 3.01. The van der Waals surface area contributed by atoms with E-state index in [-0.39, 0.29) is 48.8 Å². The molecule has 1 aliphatic heterocycles. The van der Waals surface area contributed by atoms with E-state index in [1.54, 1.807) is 0 Å². The Kier molecular flexibility index (Phi) is 6.73. The minimum atomic E-state index is -1.08. The van der Waals surface area contributed by atoms with E-state index in [1.807, 2.05) is 0 Å². The summed E-state index contributed by atoms with van der Waals surface area (Å²) in [4.78, 5) is 36.8. The number of amides is 1. The van der Waals surface area contributed by atoms with Crippen molar-refractivity contribution in [2.24, 2.45) is 0 Å². The third-order valence-electron chi connectivity index (χ3n) is 4.77. The number of halogens is 1. The molecule has 0 saturated carbocycles. The maximum absolute atomic E-state index is 13.9. The third-order valence-corrected chi connectivity index (χ3v) is 4.77. The van der Waals surface area contributed by atoms with Crippen LogP contribution in [-0.4, -0.2) is 58.1 Å². The number of rotatable bonds is 8. The van der Waals surface area contributed by atoms with Crippen molar-refractivity contribution in [3.63, 3.8) is 0 Å². The van der Waals surface area contributed by atoms with Crippen LogP contribution in [0.25, 0.3) is 5.76 Å². The first kappa shape index (κ1) is 22.1. The molecule has 0 bridgehead atoms. The molecular weight excluding hydrogens is 411 g/mol. The Bertz CT molecular complexity index is 1040. The molecule has 0 spiro atoms. The Hall–Kier alpha value is -3.63. The fourth-order valence-electron chi connectivity index (χ4n) is 3.36. The van der Waals surface area contributed by atoms with Crippen LogP contribution in [0.2, 0.25) is 0 Å². The van der Waals surface area contributed by atoms with Gasteiger partial charge in [0.25, 0.3) is 17.4 Å². The molecule has 0 aromatic heterocycles. The van der Waals surface area contributed by atoms with Crippen molar-refractivity contribution in [1.29, 1.82) is 0 Å². The predicted octanol–water partition coefficient (Wildman–Crippen LogP) is 2.16. The number of nitro benzene ring substituents is 1. The summed E-state index contributed by atoms with van der Waals surface area (Å²) in [5, 5.41) is 30.5. The number of likely N-dealkylation sites (tertiary alicyclic amines) is 1. The van der Waals surface area contributed by atoms with E-state index in [0.29, 0.717) is 0 Å². The number of non-ortho nitro benzene ring substituents is 1. The fraction of sp³-hybridized carbons (Fsp3) is 0.238. The number of aliphatic hydroxyl groups is 2. The Labute approximate surface area is 176 Å². The van der Waals surface area contributed by atoms with Crippen molar-refractivity contribution >= 4 is 23.1 Å². The van der Waals surface area contributed by atoms with E-state index in [4.69, 9.17) is 9.84 Å². The van der Waals surface area contributed by atoms with Gasteiger partial charge >= 0.3 is 0 Å². The maximum Gasteiger partial charge on any atom is 0.295 e. The van der Waals surface area contributed by atoms with Gasteiger partial charge in [0, 0.05) is 24.2 Å². The topological polar surface area (TPSA) is 130 Å². The largest absolute Gasteiger partial charge is 0.507 e. The zero-order valence-corrected chi connectivity index (χ0v) is 16.2. The highest BCUT2D eigenvalue weighted by Crippen LogP contribution is 2.39. The summed E-state index contributed by atoms with van der Waals surface area (Å²) in [6.45, 7) is -0.205.